The van der Waals surface area contributed by atoms with Crippen molar-refractivity contribution < 1.29 is 13.0 Å². The number of benzene rings is 1. The zero-order chi connectivity index (χ0) is 22.8. The molecule has 3 rings (SSSR count). The maximum atomic E-state index is 13.1. The van der Waals surface area contributed by atoms with E-state index in [9.17, 15) is 13.0 Å². The normalized spacial score (nSPS) is 26.9. The van der Waals surface area contributed by atoms with Crippen molar-refractivity contribution in [1.29, 1.82) is 0 Å². The Hall–Kier alpha value is -0.640. The molecular formula is C23H39N3O3S2. The highest BCUT2D eigenvalue weighted by molar-refractivity contribution is 7.90. The van der Waals surface area contributed by atoms with Crippen LogP contribution in [0, 0.1) is 5.92 Å². The Morgan fingerprint density at radius 1 is 1.16 bits per heavy atom. The van der Waals surface area contributed by atoms with Crippen molar-refractivity contribution in [3.05, 3.63) is 35.9 Å². The predicted octanol–water partition coefficient (Wildman–Crippen LogP) is 2.78. The topological polar surface area (TPSA) is 75.7 Å². The van der Waals surface area contributed by atoms with Crippen molar-refractivity contribution in [3.8, 4) is 0 Å². The Labute approximate surface area is 192 Å². The molecule has 6 nitrogen and oxygen atoms in total. The van der Waals surface area contributed by atoms with Crippen LogP contribution in [-0.2, 0) is 27.8 Å². The Morgan fingerprint density at radius 2 is 1.74 bits per heavy atom. The van der Waals surface area contributed by atoms with Gasteiger partial charge in [-0.2, -0.15) is 4.31 Å². The number of nitrogens with zero attached hydrogens (tertiary/aromatic N) is 2. The first-order chi connectivity index (χ1) is 14.5. The minimum Gasteiger partial charge on any atom is -0.598 e. The van der Waals surface area contributed by atoms with E-state index in [2.05, 4.69) is 16.9 Å². The van der Waals surface area contributed by atoms with Crippen LogP contribution in [0.25, 0.3) is 0 Å². The molecule has 0 aromatic heterocycles. The van der Waals surface area contributed by atoms with Gasteiger partial charge in [0.15, 0.2) is 0 Å². The zero-order valence-electron chi connectivity index (χ0n) is 19.6. The molecule has 2 saturated heterocycles. The SMILES string of the molecule is CN(C)CCS(=O)(=O)N1[C@@H]2CC[C@H]1CC([C@@H](Cc1ccccc1)N[S+]([O-])C(C)(C)C)C2. The van der Waals surface area contributed by atoms with Crippen molar-refractivity contribution in [2.24, 2.45) is 5.92 Å². The highest BCUT2D eigenvalue weighted by atomic mass is 32.2. The molecule has 0 radical (unpaired) electrons. The molecule has 2 aliphatic rings. The molecule has 2 fully saturated rings. The van der Waals surface area contributed by atoms with Crippen LogP contribution in [0.1, 0.15) is 52.0 Å². The lowest BCUT2D eigenvalue weighted by atomic mass is 9.84. The largest absolute Gasteiger partial charge is 0.598 e. The van der Waals surface area contributed by atoms with Crippen LogP contribution < -0.4 is 4.72 Å². The molecule has 0 spiro atoms. The van der Waals surface area contributed by atoms with Gasteiger partial charge in [0, 0.05) is 30.0 Å². The van der Waals surface area contributed by atoms with Crippen LogP contribution in [-0.4, -0.2) is 71.4 Å². The zero-order valence-corrected chi connectivity index (χ0v) is 21.2. The average molecular weight is 470 g/mol. The fourth-order valence-corrected chi connectivity index (χ4v) is 7.85. The van der Waals surface area contributed by atoms with E-state index in [0.29, 0.717) is 12.5 Å². The summed E-state index contributed by atoms with van der Waals surface area (Å²) in [5.41, 5.74) is 1.22. The van der Waals surface area contributed by atoms with Crippen molar-refractivity contribution in [2.45, 2.75) is 75.7 Å². The summed E-state index contributed by atoms with van der Waals surface area (Å²) in [5.74, 6) is 0.488. The lowest BCUT2D eigenvalue weighted by Crippen LogP contribution is -2.54. The van der Waals surface area contributed by atoms with E-state index in [1.165, 1.54) is 5.56 Å². The van der Waals surface area contributed by atoms with Crippen LogP contribution in [0.15, 0.2) is 30.3 Å². The van der Waals surface area contributed by atoms with E-state index in [1.54, 1.807) is 0 Å². The van der Waals surface area contributed by atoms with E-state index in [1.807, 2.05) is 62.3 Å². The highest BCUT2D eigenvalue weighted by Gasteiger charge is 2.48. The average Bonchev–Trinajstić information content (AvgIpc) is 2.97. The molecule has 176 valence electrons. The summed E-state index contributed by atoms with van der Waals surface area (Å²) in [6.07, 6.45) is 4.35. The van der Waals surface area contributed by atoms with Gasteiger partial charge in [-0.05, 0) is 78.5 Å². The third-order valence-corrected chi connectivity index (χ3v) is 10.1. The standard InChI is InChI=1S/C23H39N3O3S2/c1-23(2,3)30(27)24-22(15-18-9-7-6-8-10-18)19-16-20-11-12-21(17-19)26(20)31(28,29)14-13-25(4)5/h6-10,19-22,24H,11-17H2,1-5H3/t19?,20-,21+,22-,30?/m1/s1. The first-order valence-corrected chi connectivity index (χ1v) is 14.1. The van der Waals surface area contributed by atoms with Gasteiger partial charge in [-0.25, -0.2) is 8.42 Å². The first kappa shape index (κ1) is 25.0. The first-order valence-electron chi connectivity index (χ1n) is 11.4. The molecule has 8 heteroatoms. The second-order valence-corrected chi connectivity index (χ2v) is 14.4. The molecule has 2 aliphatic heterocycles. The van der Waals surface area contributed by atoms with Gasteiger partial charge in [0.25, 0.3) is 0 Å². The molecule has 5 atom stereocenters. The lowest BCUT2D eigenvalue weighted by Gasteiger charge is -2.41. The van der Waals surface area contributed by atoms with Gasteiger partial charge in [0.05, 0.1) is 11.8 Å². The fraction of sp³-hybridized carbons (Fsp3) is 0.739. The van der Waals surface area contributed by atoms with Gasteiger partial charge in [0.2, 0.25) is 10.0 Å². The van der Waals surface area contributed by atoms with E-state index < -0.39 is 21.4 Å². The van der Waals surface area contributed by atoms with Crippen molar-refractivity contribution >= 4 is 21.4 Å². The van der Waals surface area contributed by atoms with Gasteiger partial charge >= 0.3 is 0 Å². The monoisotopic (exact) mass is 469 g/mol. The number of hydrogen-bond acceptors (Lipinski definition) is 5. The van der Waals surface area contributed by atoms with Crippen molar-refractivity contribution in [1.82, 2.24) is 13.9 Å². The molecule has 1 N–H and O–H groups in total. The summed E-state index contributed by atoms with van der Waals surface area (Å²) >= 11 is -1.17. The van der Waals surface area contributed by atoms with Crippen LogP contribution in [0.3, 0.4) is 0 Å². The maximum absolute atomic E-state index is 13.1. The second-order valence-electron chi connectivity index (χ2n) is 10.4. The molecule has 0 aliphatic carbocycles. The smallest absolute Gasteiger partial charge is 0.215 e. The molecule has 0 amide bonds. The summed E-state index contributed by atoms with van der Waals surface area (Å²) in [6, 6.07) is 10.5. The second kappa shape index (κ2) is 10.1. The minimum absolute atomic E-state index is 0.0668. The number of rotatable bonds is 9. The molecule has 2 unspecified atom stereocenters. The Bertz CT molecular complexity index is 797. The van der Waals surface area contributed by atoms with E-state index >= 15 is 0 Å². The van der Waals surface area contributed by atoms with Gasteiger partial charge in [-0.15, -0.1) is 4.72 Å². The highest BCUT2D eigenvalue weighted by Crippen LogP contribution is 2.42. The predicted molar refractivity (Wildman–Crippen MR) is 129 cm³/mol. The van der Waals surface area contributed by atoms with Gasteiger partial charge < -0.3 is 9.45 Å². The van der Waals surface area contributed by atoms with Crippen molar-refractivity contribution in [3.63, 3.8) is 0 Å². The quantitative estimate of drug-likeness (QED) is 0.563. The number of fused-ring (bicyclic) bond motifs is 2. The van der Waals surface area contributed by atoms with Gasteiger partial charge in [-0.1, -0.05) is 30.3 Å². The summed E-state index contributed by atoms with van der Waals surface area (Å²) in [4.78, 5) is 1.92. The fourth-order valence-electron chi connectivity index (χ4n) is 4.85. The van der Waals surface area contributed by atoms with E-state index in [-0.39, 0.29) is 28.6 Å². The van der Waals surface area contributed by atoms with Crippen LogP contribution >= 0.6 is 0 Å². The molecular weight excluding hydrogens is 430 g/mol. The molecule has 1 aromatic carbocycles. The Balaban J connectivity index is 1.76. The summed E-state index contributed by atoms with van der Waals surface area (Å²) in [5, 5.41) is 0. The Kier molecular flexibility index (Phi) is 8.14. The minimum atomic E-state index is -3.26. The van der Waals surface area contributed by atoms with Gasteiger partial charge in [-0.3, -0.25) is 0 Å². The summed E-state index contributed by atoms with van der Waals surface area (Å²) < 4.78 is 44.0. The van der Waals surface area contributed by atoms with Crippen molar-refractivity contribution in [2.75, 3.05) is 26.4 Å². The number of sulfonamides is 1. The molecule has 31 heavy (non-hydrogen) atoms. The maximum Gasteiger partial charge on any atom is 0.215 e. The molecule has 1 aromatic rings. The number of hydrogen-bond donors (Lipinski definition) is 1. The Morgan fingerprint density at radius 3 is 2.26 bits per heavy atom. The van der Waals surface area contributed by atoms with E-state index in [4.69, 9.17) is 0 Å². The number of nitrogens with one attached hydrogen (secondary N) is 1. The third kappa shape index (κ3) is 6.45. The van der Waals surface area contributed by atoms with E-state index in [0.717, 1.165) is 32.1 Å². The van der Waals surface area contributed by atoms with Crippen LogP contribution in [0.5, 0.6) is 0 Å². The lowest BCUT2D eigenvalue weighted by molar-refractivity contribution is 0.165. The van der Waals surface area contributed by atoms with Crippen LogP contribution in [0.2, 0.25) is 0 Å². The molecule has 0 saturated carbocycles. The molecule has 2 heterocycles. The van der Waals surface area contributed by atoms with Crippen LogP contribution in [0.4, 0.5) is 0 Å². The third-order valence-electron chi connectivity index (χ3n) is 6.50. The van der Waals surface area contributed by atoms with Gasteiger partial charge in [0.1, 0.15) is 4.75 Å². The molecule has 2 bridgehead atoms. The summed E-state index contributed by atoms with van der Waals surface area (Å²) in [6.45, 7) is 6.50. The summed E-state index contributed by atoms with van der Waals surface area (Å²) in [7, 11) is 0.559. The number of piperidine rings is 1.